The maximum Gasteiger partial charge on any atom is 0.165 e. The number of nitrogens with one attached hydrogen (secondary N) is 1. The van der Waals surface area contributed by atoms with Crippen molar-refractivity contribution in [2.75, 3.05) is 6.61 Å². The number of carbonyl (C=O) groups excluding carboxylic acids is 1. The molecule has 0 spiro atoms. The summed E-state index contributed by atoms with van der Waals surface area (Å²) >= 11 is 0. The lowest BCUT2D eigenvalue weighted by molar-refractivity contribution is 0.0967. The molecule has 1 fully saturated rings. The molecule has 23 heavy (non-hydrogen) atoms. The van der Waals surface area contributed by atoms with E-state index in [4.69, 9.17) is 4.74 Å². The summed E-state index contributed by atoms with van der Waals surface area (Å²) in [6.45, 7) is 3.44. The van der Waals surface area contributed by atoms with Crippen molar-refractivity contribution in [3.8, 4) is 0 Å². The Morgan fingerprint density at radius 1 is 1.30 bits per heavy atom. The number of aromatic amines is 1. The number of hydrogen-bond acceptors (Lipinski definition) is 3. The molecular weight excluding hydrogens is 288 g/mol. The van der Waals surface area contributed by atoms with E-state index in [-0.39, 0.29) is 5.92 Å². The summed E-state index contributed by atoms with van der Waals surface area (Å²) < 4.78 is 5.73. The van der Waals surface area contributed by atoms with Crippen molar-refractivity contribution < 1.29 is 9.53 Å². The molecule has 4 nitrogen and oxygen atoms in total. The monoisotopic (exact) mass is 312 g/mol. The van der Waals surface area contributed by atoms with Gasteiger partial charge in [0.05, 0.1) is 18.6 Å². The molecule has 122 valence electrons. The normalized spacial score (nSPS) is 14.1. The SMILES string of the molecule is CCc1nc[nH]c1CCCOCc1ccc(C(=O)C2CC2)cc1. The zero-order chi connectivity index (χ0) is 16.1. The summed E-state index contributed by atoms with van der Waals surface area (Å²) in [5.74, 6) is 0.580. The summed E-state index contributed by atoms with van der Waals surface area (Å²) in [6.07, 6.45) is 6.79. The number of benzene rings is 1. The van der Waals surface area contributed by atoms with Crippen LogP contribution in [0.25, 0.3) is 0 Å². The number of imidazole rings is 1. The third kappa shape index (κ3) is 4.29. The van der Waals surface area contributed by atoms with Gasteiger partial charge in [0.1, 0.15) is 0 Å². The van der Waals surface area contributed by atoms with Gasteiger partial charge in [0.15, 0.2) is 5.78 Å². The Hall–Kier alpha value is -1.94. The summed E-state index contributed by atoms with van der Waals surface area (Å²) in [5, 5.41) is 0. The molecular formula is C19H24N2O2. The number of aromatic nitrogens is 2. The molecule has 4 heteroatoms. The quantitative estimate of drug-likeness (QED) is 0.567. The Bertz CT molecular complexity index is 642. The molecule has 1 aromatic heterocycles. The first-order valence-electron chi connectivity index (χ1n) is 8.50. The molecule has 1 N–H and O–H groups in total. The molecule has 1 aliphatic rings. The van der Waals surface area contributed by atoms with Gasteiger partial charge in [0, 0.05) is 23.8 Å². The van der Waals surface area contributed by atoms with Crippen LogP contribution in [0.1, 0.15) is 53.5 Å². The Labute approximate surface area is 137 Å². The van der Waals surface area contributed by atoms with E-state index in [9.17, 15) is 4.79 Å². The first-order chi connectivity index (χ1) is 11.3. The molecule has 1 heterocycles. The van der Waals surface area contributed by atoms with Gasteiger partial charge < -0.3 is 9.72 Å². The van der Waals surface area contributed by atoms with Crippen LogP contribution >= 0.6 is 0 Å². The molecule has 1 aromatic carbocycles. The highest BCUT2D eigenvalue weighted by Crippen LogP contribution is 2.32. The molecule has 1 aliphatic carbocycles. The van der Waals surface area contributed by atoms with Crippen molar-refractivity contribution in [2.45, 2.75) is 45.6 Å². The van der Waals surface area contributed by atoms with Crippen LogP contribution in [-0.4, -0.2) is 22.4 Å². The lowest BCUT2D eigenvalue weighted by Crippen LogP contribution is -2.02. The van der Waals surface area contributed by atoms with Gasteiger partial charge in [-0.2, -0.15) is 0 Å². The Morgan fingerprint density at radius 3 is 2.78 bits per heavy atom. The van der Waals surface area contributed by atoms with E-state index < -0.39 is 0 Å². The van der Waals surface area contributed by atoms with Gasteiger partial charge in [-0.05, 0) is 37.7 Å². The minimum atomic E-state index is 0.285. The smallest absolute Gasteiger partial charge is 0.165 e. The molecule has 0 bridgehead atoms. The van der Waals surface area contributed by atoms with Crippen molar-refractivity contribution in [3.05, 3.63) is 53.1 Å². The van der Waals surface area contributed by atoms with E-state index in [0.29, 0.717) is 12.4 Å². The van der Waals surface area contributed by atoms with Gasteiger partial charge in [-0.25, -0.2) is 4.98 Å². The third-order valence-corrected chi connectivity index (χ3v) is 4.31. The van der Waals surface area contributed by atoms with Crippen molar-refractivity contribution >= 4 is 5.78 Å². The number of rotatable bonds is 9. The molecule has 1 saturated carbocycles. The number of ether oxygens (including phenoxy) is 1. The Balaban J connectivity index is 1.38. The maximum absolute atomic E-state index is 11.9. The fraction of sp³-hybridized carbons (Fsp3) is 0.474. The zero-order valence-electron chi connectivity index (χ0n) is 13.7. The second kappa shape index (κ2) is 7.55. The standard InChI is InChI=1S/C19H24N2O2/c1-2-17-18(21-13-20-17)4-3-11-23-12-14-5-7-15(8-6-14)19(22)16-9-10-16/h5-8,13,16H,2-4,9-12H2,1H3,(H,20,21). The number of H-pyrrole nitrogens is 1. The highest BCUT2D eigenvalue weighted by Gasteiger charge is 2.30. The van der Waals surface area contributed by atoms with Crippen molar-refractivity contribution in [3.63, 3.8) is 0 Å². The number of Topliss-reactive ketones (excluding diaryl/α,β-unsaturated/α-hetero) is 1. The first-order valence-corrected chi connectivity index (χ1v) is 8.50. The first kappa shape index (κ1) is 15.9. The van der Waals surface area contributed by atoms with Crippen LogP contribution in [0.15, 0.2) is 30.6 Å². The van der Waals surface area contributed by atoms with Crippen LogP contribution in [0, 0.1) is 5.92 Å². The number of hydrogen-bond donors (Lipinski definition) is 1. The predicted octanol–water partition coefficient (Wildman–Crippen LogP) is 3.71. The van der Waals surface area contributed by atoms with Crippen LogP contribution in [0.5, 0.6) is 0 Å². The van der Waals surface area contributed by atoms with Crippen molar-refractivity contribution in [1.82, 2.24) is 9.97 Å². The summed E-state index contributed by atoms with van der Waals surface area (Å²) in [6, 6.07) is 7.86. The fourth-order valence-corrected chi connectivity index (χ4v) is 2.76. The van der Waals surface area contributed by atoms with Gasteiger partial charge >= 0.3 is 0 Å². The van der Waals surface area contributed by atoms with Gasteiger partial charge in [-0.15, -0.1) is 0 Å². The van der Waals surface area contributed by atoms with Crippen molar-refractivity contribution in [1.29, 1.82) is 0 Å². The maximum atomic E-state index is 11.9. The minimum Gasteiger partial charge on any atom is -0.377 e. The largest absolute Gasteiger partial charge is 0.377 e. The average Bonchev–Trinajstić information content (AvgIpc) is 3.33. The summed E-state index contributed by atoms with van der Waals surface area (Å²) in [4.78, 5) is 19.4. The molecule has 0 radical (unpaired) electrons. The van der Waals surface area contributed by atoms with E-state index in [2.05, 4.69) is 16.9 Å². The van der Waals surface area contributed by atoms with Crippen LogP contribution < -0.4 is 0 Å². The number of nitrogens with zero attached hydrogens (tertiary/aromatic N) is 1. The second-order valence-electron chi connectivity index (χ2n) is 6.17. The van der Waals surface area contributed by atoms with Crippen LogP contribution in [-0.2, 0) is 24.2 Å². The molecule has 2 aromatic rings. The van der Waals surface area contributed by atoms with E-state index in [1.807, 2.05) is 24.3 Å². The van der Waals surface area contributed by atoms with Crippen molar-refractivity contribution in [2.24, 2.45) is 5.92 Å². The number of carbonyl (C=O) groups is 1. The highest BCUT2D eigenvalue weighted by molar-refractivity contribution is 5.99. The van der Waals surface area contributed by atoms with E-state index in [0.717, 1.165) is 55.5 Å². The van der Waals surface area contributed by atoms with E-state index in [1.165, 1.54) is 5.69 Å². The molecule has 0 atom stereocenters. The predicted molar refractivity (Wildman–Crippen MR) is 89.4 cm³/mol. The van der Waals surface area contributed by atoms with Gasteiger partial charge in [0.2, 0.25) is 0 Å². The number of aryl methyl sites for hydroxylation is 2. The minimum absolute atomic E-state index is 0.285. The van der Waals surface area contributed by atoms with Crippen LogP contribution in [0.4, 0.5) is 0 Å². The van der Waals surface area contributed by atoms with Gasteiger partial charge in [0.25, 0.3) is 0 Å². The fourth-order valence-electron chi connectivity index (χ4n) is 2.76. The molecule has 0 saturated heterocycles. The topological polar surface area (TPSA) is 55.0 Å². The highest BCUT2D eigenvalue weighted by atomic mass is 16.5. The van der Waals surface area contributed by atoms with E-state index in [1.54, 1.807) is 6.33 Å². The van der Waals surface area contributed by atoms with Crippen LogP contribution in [0.3, 0.4) is 0 Å². The van der Waals surface area contributed by atoms with Crippen LogP contribution in [0.2, 0.25) is 0 Å². The Morgan fingerprint density at radius 2 is 2.09 bits per heavy atom. The number of ketones is 1. The molecule has 0 unspecified atom stereocenters. The summed E-state index contributed by atoms with van der Waals surface area (Å²) in [5.41, 5.74) is 4.33. The van der Waals surface area contributed by atoms with Gasteiger partial charge in [-0.1, -0.05) is 31.2 Å². The van der Waals surface area contributed by atoms with Gasteiger partial charge in [-0.3, -0.25) is 4.79 Å². The lowest BCUT2D eigenvalue weighted by Gasteiger charge is -2.06. The van der Waals surface area contributed by atoms with E-state index >= 15 is 0 Å². The Kier molecular flexibility index (Phi) is 5.23. The lowest BCUT2D eigenvalue weighted by atomic mass is 10.1. The second-order valence-corrected chi connectivity index (χ2v) is 6.17. The average molecular weight is 312 g/mol. The molecule has 0 aliphatic heterocycles. The zero-order valence-corrected chi connectivity index (χ0v) is 13.7. The summed E-state index contributed by atoms with van der Waals surface area (Å²) in [7, 11) is 0. The molecule has 3 rings (SSSR count). The molecule has 0 amide bonds. The third-order valence-electron chi connectivity index (χ3n) is 4.31.